The Kier molecular flexibility index (Phi) is 3.78. The first kappa shape index (κ1) is 15.2. The van der Waals surface area contributed by atoms with Crippen LogP contribution in [0.1, 0.15) is 37.8 Å². The fourth-order valence-corrected chi connectivity index (χ4v) is 3.28. The van der Waals surface area contributed by atoms with Gasteiger partial charge in [0.25, 0.3) is 0 Å². The first-order chi connectivity index (χ1) is 10.4. The van der Waals surface area contributed by atoms with Crippen molar-refractivity contribution in [2.75, 3.05) is 6.54 Å². The molecule has 0 atom stereocenters. The largest absolute Gasteiger partial charge is 0.411 e. The number of alkyl halides is 3. The van der Waals surface area contributed by atoms with Gasteiger partial charge < -0.3 is 14.8 Å². The molecule has 1 aromatic heterocycles. The second-order valence-corrected chi connectivity index (χ2v) is 6.07. The van der Waals surface area contributed by atoms with Crippen molar-refractivity contribution in [3.63, 3.8) is 0 Å². The summed E-state index contributed by atoms with van der Waals surface area (Å²) in [4.78, 5) is 17.8. The second-order valence-electron chi connectivity index (χ2n) is 6.07. The molecule has 1 saturated carbocycles. The number of urea groups is 1. The SMILES string of the molecule is O=C(NC1(C(F)(F)F)CCCCC1)N1CCn2cncc2C1. The summed E-state index contributed by atoms with van der Waals surface area (Å²) in [5.41, 5.74) is -1.23. The molecule has 0 bridgehead atoms. The summed E-state index contributed by atoms with van der Waals surface area (Å²) in [6, 6.07) is -0.633. The number of nitrogens with zero attached hydrogens (tertiary/aromatic N) is 3. The van der Waals surface area contributed by atoms with Gasteiger partial charge in [-0.15, -0.1) is 0 Å². The first-order valence-corrected chi connectivity index (χ1v) is 7.54. The highest BCUT2D eigenvalue weighted by atomic mass is 19.4. The normalized spacial score (nSPS) is 21.3. The van der Waals surface area contributed by atoms with Gasteiger partial charge in [-0.3, -0.25) is 0 Å². The molecule has 5 nitrogen and oxygen atoms in total. The Balaban J connectivity index is 1.72. The Morgan fingerprint density at radius 3 is 2.64 bits per heavy atom. The van der Waals surface area contributed by atoms with Crippen molar-refractivity contribution in [3.05, 3.63) is 18.2 Å². The van der Waals surface area contributed by atoms with Gasteiger partial charge in [-0.05, 0) is 12.8 Å². The lowest BCUT2D eigenvalue weighted by molar-refractivity contribution is -0.202. The van der Waals surface area contributed by atoms with Gasteiger partial charge in [-0.25, -0.2) is 9.78 Å². The molecule has 0 unspecified atom stereocenters. The average molecular weight is 316 g/mol. The number of imidazole rings is 1. The lowest BCUT2D eigenvalue weighted by Crippen LogP contribution is -2.62. The maximum Gasteiger partial charge on any atom is 0.411 e. The number of halogens is 3. The van der Waals surface area contributed by atoms with Crippen molar-refractivity contribution >= 4 is 6.03 Å². The monoisotopic (exact) mass is 316 g/mol. The van der Waals surface area contributed by atoms with E-state index in [1.807, 2.05) is 4.57 Å². The highest BCUT2D eigenvalue weighted by Crippen LogP contribution is 2.41. The van der Waals surface area contributed by atoms with Crippen LogP contribution in [0.25, 0.3) is 0 Å². The Labute approximate surface area is 126 Å². The number of amides is 2. The molecule has 1 fully saturated rings. The van der Waals surface area contributed by atoms with Crippen molar-refractivity contribution < 1.29 is 18.0 Å². The minimum atomic E-state index is -4.42. The summed E-state index contributed by atoms with van der Waals surface area (Å²) in [5, 5.41) is 2.30. The molecule has 3 rings (SSSR count). The van der Waals surface area contributed by atoms with Crippen LogP contribution in [0, 0.1) is 0 Å². The van der Waals surface area contributed by atoms with E-state index in [-0.39, 0.29) is 12.8 Å². The highest BCUT2D eigenvalue weighted by molar-refractivity contribution is 5.75. The molecule has 2 aliphatic rings. The highest BCUT2D eigenvalue weighted by Gasteiger charge is 2.56. The molecular formula is C14H19F3N4O. The van der Waals surface area contributed by atoms with Gasteiger partial charge >= 0.3 is 12.2 Å². The number of carbonyl (C=O) groups excluding carboxylic acids is 1. The van der Waals surface area contributed by atoms with Gasteiger partial charge in [-0.2, -0.15) is 13.2 Å². The molecule has 1 aliphatic heterocycles. The molecular weight excluding hydrogens is 297 g/mol. The second kappa shape index (κ2) is 5.48. The maximum absolute atomic E-state index is 13.5. The molecule has 8 heteroatoms. The van der Waals surface area contributed by atoms with Crippen molar-refractivity contribution in [3.8, 4) is 0 Å². The van der Waals surface area contributed by atoms with Crippen molar-refractivity contribution in [2.24, 2.45) is 0 Å². The lowest BCUT2D eigenvalue weighted by Gasteiger charge is -2.41. The minimum absolute atomic E-state index is 0.0337. The maximum atomic E-state index is 13.5. The van der Waals surface area contributed by atoms with Crippen LogP contribution in [0.2, 0.25) is 0 Å². The molecule has 1 aromatic rings. The Hall–Kier alpha value is -1.73. The Morgan fingerprint density at radius 1 is 1.23 bits per heavy atom. The van der Waals surface area contributed by atoms with E-state index in [2.05, 4.69) is 10.3 Å². The molecule has 122 valence electrons. The van der Waals surface area contributed by atoms with Crippen molar-refractivity contribution in [2.45, 2.75) is 56.9 Å². The molecule has 2 amide bonds. The summed E-state index contributed by atoms with van der Waals surface area (Å²) in [6.07, 6.45) is 0.598. The van der Waals surface area contributed by atoms with E-state index in [0.29, 0.717) is 32.5 Å². The number of hydrogen-bond donors (Lipinski definition) is 1. The van der Waals surface area contributed by atoms with Gasteiger partial charge in [-0.1, -0.05) is 19.3 Å². The van der Waals surface area contributed by atoms with Crippen molar-refractivity contribution in [1.29, 1.82) is 0 Å². The zero-order valence-corrected chi connectivity index (χ0v) is 12.2. The van der Waals surface area contributed by atoms with Crippen LogP contribution in [0.4, 0.5) is 18.0 Å². The fourth-order valence-electron chi connectivity index (χ4n) is 3.28. The van der Waals surface area contributed by atoms with Crippen molar-refractivity contribution in [1.82, 2.24) is 19.8 Å². The van der Waals surface area contributed by atoms with Crippen LogP contribution in [0.5, 0.6) is 0 Å². The third-order valence-corrected chi connectivity index (χ3v) is 4.65. The summed E-state index contributed by atoms with van der Waals surface area (Å²) in [6.45, 7) is 1.24. The molecule has 0 saturated heterocycles. The molecule has 1 N–H and O–H groups in total. The standard InChI is InChI=1S/C14H19F3N4O/c15-14(16,17)13(4-2-1-3-5-13)19-12(22)20-6-7-21-10-18-8-11(21)9-20/h8,10H,1-7,9H2,(H,19,22). The average Bonchev–Trinajstić information content (AvgIpc) is 2.94. The summed E-state index contributed by atoms with van der Waals surface area (Å²) in [5.74, 6) is 0. The van der Waals surface area contributed by atoms with E-state index in [9.17, 15) is 18.0 Å². The first-order valence-electron chi connectivity index (χ1n) is 7.54. The number of fused-ring (bicyclic) bond motifs is 1. The molecule has 2 heterocycles. The van der Waals surface area contributed by atoms with E-state index in [4.69, 9.17) is 0 Å². The van der Waals surface area contributed by atoms with Crippen LogP contribution >= 0.6 is 0 Å². The lowest BCUT2D eigenvalue weighted by atomic mass is 9.81. The van der Waals surface area contributed by atoms with Crippen LogP contribution < -0.4 is 5.32 Å². The van der Waals surface area contributed by atoms with Crippen LogP contribution in [0.15, 0.2) is 12.5 Å². The summed E-state index contributed by atoms with van der Waals surface area (Å²) in [7, 11) is 0. The van der Waals surface area contributed by atoms with Crippen LogP contribution in [0.3, 0.4) is 0 Å². The van der Waals surface area contributed by atoms with E-state index < -0.39 is 17.7 Å². The third-order valence-electron chi connectivity index (χ3n) is 4.65. The van der Waals surface area contributed by atoms with E-state index >= 15 is 0 Å². The molecule has 0 radical (unpaired) electrons. The van der Waals surface area contributed by atoms with E-state index in [1.54, 1.807) is 12.5 Å². The third kappa shape index (κ3) is 2.66. The number of rotatable bonds is 1. The fraction of sp³-hybridized carbons (Fsp3) is 0.714. The number of nitrogens with one attached hydrogen (secondary N) is 1. The van der Waals surface area contributed by atoms with Gasteiger partial charge in [0, 0.05) is 19.3 Å². The number of aromatic nitrogens is 2. The quantitative estimate of drug-likeness (QED) is 0.866. The van der Waals surface area contributed by atoms with E-state index in [0.717, 1.165) is 12.1 Å². The van der Waals surface area contributed by atoms with Crippen LogP contribution in [-0.4, -0.2) is 38.7 Å². The minimum Gasteiger partial charge on any atom is -0.331 e. The Bertz CT molecular complexity index is 549. The zero-order valence-electron chi connectivity index (χ0n) is 12.2. The summed E-state index contributed by atoms with van der Waals surface area (Å²) < 4.78 is 42.3. The van der Waals surface area contributed by atoms with Gasteiger partial charge in [0.2, 0.25) is 0 Å². The molecule has 0 aromatic carbocycles. The van der Waals surface area contributed by atoms with Gasteiger partial charge in [0.05, 0.1) is 18.6 Å². The predicted octanol–water partition coefficient (Wildman–Crippen LogP) is 2.67. The molecule has 1 aliphatic carbocycles. The smallest absolute Gasteiger partial charge is 0.331 e. The van der Waals surface area contributed by atoms with Gasteiger partial charge in [0.1, 0.15) is 5.54 Å². The summed E-state index contributed by atoms with van der Waals surface area (Å²) >= 11 is 0. The number of hydrogen-bond acceptors (Lipinski definition) is 2. The topological polar surface area (TPSA) is 50.2 Å². The number of carbonyl (C=O) groups is 1. The Morgan fingerprint density at radius 2 is 1.95 bits per heavy atom. The van der Waals surface area contributed by atoms with E-state index in [1.165, 1.54) is 4.90 Å². The zero-order chi connectivity index (χ0) is 15.8. The predicted molar refractivity (Wildman–Crippen MR) is 73.0 cm³/mol. The van der Waals surface area contributed by atoms with Gasteiger partial charge in [0.15, 0.2) is 0 Å². The van der Waals surface area contributed by atoms with Crippen LogP contribution in [-0.2, 0) is 13.1 Å². The molecule has 0 spiro atoms. The molecule has 22 heavy (non-hydrogen) atoms.